The number of hydrogen-bond donors (Lipinski definition) is 1. The van der Waals surface area contributed by atoms with Gasteiger partial charge < -0.3 is 5.32 Å². The average Bonchev–Trinajstić information content (AvgIpc) is 2.36. The summed E-state index contributed by atoms with van der Waals surface area (Å²) >= 11 is 6.13. The Kier molecular flexibility index (Phi) is 6.07. The van der Waals surface area contributed by atoms with Crippen molar-refractivity contribution < 1.29 is 5.32 Å². The van der Waals surface area contributed by atoms with Gasteiger partial charge in [-0.25, -0.2) is 0 Å². The molecule has 1 aromatic rings. The zero-order valence-corrected chi connectivity index (χ0v) is 11.2. The van der Waals surface area contributed by atoms with Gasteiger partial charge in [-0.2, -0.15) is 0 Å². The van der Waals surface area contributed by atoms with Crippen molar-refractivity contribution in [3.63, 3.8) is 0 Å². The highest BCUT2D eigenvalue weighted by molar-refractivity contribution is 6.31. The second-order valence-corrected chi connectivity index (χ2v) is 4.11. The van der Waals surface area contributed by atoms with Crippen molar-refractivity contribution in [1.29, 1.82) is 0 Å². The average molecular weight is 251 g/mol. The van der Waals surface area contributed by atoms with Gasteiger partial charge in [0.25, 0.3) is 0 Å². The van der Waals surface area contributed by atoms with E-state index in [1.807, 2.05) is 18.2 Å². The van der Waals surface area contributed by atoms with Gasteiger partial charge in [0.05, 0.1) is 11.6 Å². The summed E-state index contributed by atoms with van der Waals surface area (Å²) in [5.74, 6) is 6.25. The van der Waals surface area contributed by atoms with E-state index in [2.05, 4.69) is 37.6 Å². The normalized spacial score (nSPS) is 10.2. The van der Waals surface area contributed by atoms with Crippen LogP contribution in [0, 0.1) is 18.9 Å². The maximum atomic E-state index is 6.13. The summed E-state index contributed by atoms with van der Waals surface area (Å²) < 4.78 is 0. The molecule has 2 N–H and O–H groups in total. The summed E-state index contributed by atoms with van der Waals surface area (Å²) in [6, 6.07) is 5.80. The van der Waals surface area contributed by atoms with Crippen molar-refractivity contribution in [2.45, 2.75) is 13.8 Å². The number of hydrogen-bond acceptors (Lipinski definition) is 1. The molecule has 0 unspecified atom stereocenters. The molecule has 0 spiro atoms. The van der Waals surface area contributed by atoms with E-state index in [0.717, 1.165) is 30.9 Å². The molecular formula is C14H19ClN2. The second-order valence-electron chi connectivity index (χ2n) is 3.71. The summed E-state index contributed by atoms with van der Waals surface area (Å²) in [4.78, 5) is 2.26. The molecule has 0 fully saturated rings. The molecule has 1 aromatic carbocycles. The lowest BCUT2D eigenvalue weighted by Crippen LogP contribution is -2.69. The van der Waals surface area contributed by atoms with E-state index in [1.54, 1.807) is 5.32 Å². The Labute approximate surface area is 109 Å². The van der Waals surface area contributed by atoms with Crippen LogP contribution in [0.5, 0.6) is 0 Å². The van der Waals surface area contributed by atoms with Crippen LogP contribution < -0.4 is 5.32 Å². The quantitative estimate of drug-likeness (QED) is 0.492. The lowest BCUT2D eigenvalue weighted by molar-refractivity contribution is -0.504. The van der Waals surface area contributed by atoms with Crippen LogP contribution in [0.25, 0.3) is 0 Å². The SMILES string of the molecule is [CH2-][NH2+]c1ccc(C#CCN(CC)CC)c(Cl)c1. The molecule has 0 aliphatic rings. The zero-order chi connectivity index (χ0) is 12.7. The highest BCUT2D eigenvalue weighted by Gasteiger charge is 1.99. The fraction of sp³-hybridized carbons (Fsp3) is 0.357. The molecule has 0 atom stereocenters. The minimum Gasteiger partial charge on any atom is -0.446 e. The highest BCUT2D eigenvalue weighted by atomic mass is 35.5. The van der Waals surface area contributed by atoms with Gasteiger partial charge in [0, 0.05) is 11.6 Å². The Morgan fingerprint density at radius 1 is 1.35 bits per heavy atom. The van der Waals surface area contributed by atoms with Crippen LogP contribution in [-0.2, 0) is 0 Å². The van der Waals surface area contributed by atoms with Crippen LogP contribution in [0.1, 0.15) is 19.4 Å². The van der Waals surface area contributed by atoms with Crippen molar-refractivity contribution in [3.8, 4) is 11.8 Å². The molecule has 0 aliphatic heterocycles. The number of quaternary nitrogens is 1. The number of rotatable bonds is 4. The van der Waals surface area contributed by atoms with Gasteiger partial charge >= 0.3 is 0 Å². The van der Waals surface area contributed by atoms with Crippen molar-refractivity contribution in [1.82, 2.24) is 4.90 Å². The van der Waals surface area contributed by atoms with Gasteiger partial charge in [-0.05, 0) is 25.2 Å². The van der Waals surface area contributed by atoms with E-state index in [1.165, 1.54) is 0 Å². The summed E-state index contributed by atoms with van der Waals surface area (Å²) in [6.07, 6.45) is 0. The minimum absolute atomic E-state index is 0.689. The summed E-state index contributed by atoms with van der Waals surface area (Å²) in [5.41, 5.74) is 1.90. The fourth-order valence-electron chi connectivity index (χ4n) is 1.45. The topological polar surface area (TPSA) is 19.9 Å². The number of nitrogens with zero attached hydrogens (tertiary/aromatic N) is 1. The third kappa shape index (κ3) is 4.40. The van der Waals surface area contributed by atoms with Gasteiger partial charge in [-0.15, -0.1) is 7.05 Å². The molecule has 92 valence electrons. The molecule has 0 bridgehead atoms. The second kappa shape index (κ2) is 7.34. The molecule has 0 aliphatic carbocycles. The first-order valence-electron chi connectivity index (χ1n) is 5.84. The van der Waals surface area contributed by atoms with E-state index >= 15 is 0 Å². The van der Waals surface area contributed by atoms with Crippen LogP contribution in [0.15, 0.2) is 18.2 Å². The van der Waals surface area contributed by atoms with Gasteiger partial charge in [0.1, 0.15) is 5.69 Å². The maximum Gasteiger partial charge on any atom is 0.104 e. The Morgan fingerprint density at radius 2 is 2.06 bits per heavy atom. The largest absolute Gasteiger partial charge is 0.446 e. The molecular weight excluding hydrogens is 232 g/mol. The first kappa shape index (κ1) is 14.1. The van der Waals surface area contributed by atoms with Gasteiger partial charge in [-0.1, -0.05) is 37.3 Å². The Hall–Kier alpha value is -1.01. The molecule has 0 heterocycles. The Morgan fingerprint density at radius 3 is 2.59 bits per heavy atom. The summed E-state index contributed by atoms with van der Waals surface area (Å²) in [5, 5.41) is 2.47. The number of nitrogens with two attached hydrogens (primary N) is 1. The summed E-state index contributed by atoms with van der Waals surface area (Å²) in [6.45, 7) is 7.10. The Balaban J connectivity index is 2.72. The first-order chi connectivity index (χ1) is 8.21. The van der Waals surface area contributed by atoms with Crippen LogP contribution in [0.4, 0.5) is 5.69 Å². The van der Waals surface area contributed by atoms with Gasteiger partial charge in [-0.3, -0.25) is 4.90 Å². The van der Waals surface area contributed by atoms with Crippen molar-refractivity contribution in [3.05, 3.63) is 35.8 Å². The van der Waals surface area contributed by atoms with Crippen molar-refractivity contribution in [2.24, 2.45) is 0 Å². The first-order valence-corrected chi connectivity index (χ1v) is 6.22. The summed E-state index contributed by atoms with van der Waals surface area (Å²) in [7, 11) is 3.71. The molecule has 1 rings (SSSR count). The predicted molar refractivity (Wildman–Crippen MR) is 73.1 cm³/mol. The Bertz CT molecular complexity index is 414. The smallest absolute Gasteiger partial charge is 0.104 e. The third-order valence-corrected chi connectivity index (χ3v) is 2.96. The van der Waals surface area contributed by atoms with Crippen LogP contribution in [-0.4, -0.2) is 24.5 Å². The third-order valence-electron chi connectivity index (χ3n) is 2.65. The predicted octanol–water partition coefficient (Wildman–Crippen LogP) is 2.02. The minimum atomic E-state index is 0.689. The molecule has 17 heavy (non-hydrogen) atoms. The van der Waals surface area contributed by atoms with E-state index in [-0.39, 0.29) is 0 Å². The standard InChI is InChI=1S/C14H19ClN2/c1-4-17(5-2)10-6-7-12-8-9-13(16-3)11-14(12)15/h8-9,11H,3-5,10,16H2,1-2H3. The molecule has 0 radical (unpaired) electrons. The van der Waals surface area contributed by atoms with Crippen LogP contribution >= 0.6 is 11.6 Å². The van der Waals surface area contributed by atoms with E-state index < -0.39 is 0 Å². The van der Waals surface area contributed by atoms with E-state index in [9.17, 15) is 0 Å². The van der Waals surface area contributed by atoms with Gasteiger partial charge in [0.15, 0.2) is 0 Å². The lowest BCUT2D eigenvalue weighted by Gasteiger charge is -2.13. The number of halogens is 1. The van der Waals surface area contributed by atoms with Crippen LogP contribution in [0.2, 0.25) is 5.02 Å². The van der Waals surface area contributed by atoms with Crippen molar-refractivity contribution >= 4 is 17.3 Å². The molecule has 3 heteroatoms. The molecule has 0 saturated carbocycles. The number of benzene rings is 1. The zero-order valence-electron chi connectivity index (χ0n) is 10.5. The van der Waals surface area contributed by atoms with Crippen molar-refractivity contribution in [2.75, 3.05) is 19.6 Å². The monoisotopic (exact) mass is 250 g/mol. The highest BCUT2D eigenvalue weighted by Crippen LogP contribution is 2.17. The molecule has 0 amide bonds. The van der Waals surface area contributed by atoms with Crippen LogP contribution in [0.3, 0.4) is 0 Å². The van der Waals surface area contributed by atoms with Gasteiger partial charge in [0.2, 0.25) is 0 Å². The van der Waals surface area contributed by atoms with E-state index in [4.69, 9.17) is 11.6 Å². The molecule has 0 saturated heterocycles. The molecule has 2 nitrogen and oxygen atoms in total. The lowest BCUT2D eigenvalue weighted by atomic mass is 10.2. The fourth-order valence-corrected chi connectivity index (χ4v) is 1.69. The molecule has 0 aromatic heterocycles. The van der Waals surface area contributed by atoms with E-state index in [0.29, 0.717) is 5.02 Å². The maximum absolute atomic E-state index is 6.13.